The Kier molecular flexibility index (Phi) is 8.68. The molecule has 0 heterocycles. The van der Waals surface area contributed by atoms with E-state index in [4.69, 9.17) is 0 Å². The van der Waals surface area contributed by atoms with Gasteiger partial charge in [0.05, 0.1) is 6.17 Å². The molecule has 0 bridgehead atoms. The molecule has 5 heteroatoms. The maximum atomic E-state index is 3.53. The Labute approximate surface area is 84.4 Å². The lowest BCUT2D eigenvalue weighted by atomic mass is 10.5. The van der Waals surface area contributed by atoms with Crippen molar-refractivity contribution in [1.29, 1.82) is 0 Å². The minimum atomic E-state index is -0.233. The third kappa shape index (κ3) is 6.17. The second-order valence-corrected chi connectivity index (χ2v) is 4.76. The highest BCUT2D eigenvalue weighted by Crippen LogP contribution is 1.80. The van der Waals surface area contributed by atoms with E-state index in [9.17, 15) is 0 Å². The topological polar surface area (TPSA) is 39.3 Å². The zero-order chi connectivity index (χ0) is 10.1. The van der Waals surface area contributed by atoms with Gasteiger partial charge < -0.3 is 20.2 Å². The van der Waals surface area contributed by atoms with E-state index in [1.807, 2.05) is 14.1 Å². The second-order valence-electron chi connectivity index (χ2n) is 3.05. The van der Waals surface area contributed by atoms with Crippen LogP contribution in [0.1, 0.15) is 13.8 Å². The Morgan fingerprint density at radius 1 is 1.15 bits per heavy atom. The first-order valence-electron chi connectivity index (χ1n) is 5.06. The van der Waals surface area contributed by atoms with E-state index in [1.165, 1.54) is 13.1 Å². The Balaban J connectivity index is 3.41. The molecule has 0 aliphatic carbocycles. The monoisotopic (exact) mass is 204 g/mol. The molecule has 0 aromatic carbocycles. The van der Waals surface area contributed by atoms with Gasteiger partial charge in [-0.2, -0.15) is 0 Å². The summed E-state index contributed by atoms with van der Waals surface area (Å²) in [4.78, 5) is 3.53. The second kappa shape index (κ2) is 8.65. The lowest BCUT2D eigenvalue weighted by molar-refractivity contribution is 0.458. The summed E-state index contributed by atoms with van der Waals surface area (Å²) < 4.78 is 2.49. The molecule has 0 fully saturated rings. The highest BCUT2D eigenvalue weighted by Gasteiger charge is 2.02. The number of hydrogen-bond donors (Lipinski definition) is 3. The number of nitrogens with zero attached hydrogens (tertiary/aromatic N) is 1. The van der Waals surface area contributed by atoms with E-state index < -0.39 is 0 Å². The molecular weight excluding hydrogens is 180 g/mol. The Morgan fingerprint density at radius 2 is 1.69 bits per heavy atom. The van der Waals surface area contributed by atoms with E-state index in [-0.39, 0.29) is 9.84 Å². The van der Waals surface area contributed by atoms with Gasteiger partial charge in [-0.3, -0.25) is 0 Å². The molecule has 0 spiro atoms. The zero-order valence-electron chi connectivity index (χ0n) is 9.35. The lowest BCUT2D eigenvalue weighted by Crippen LogP contribution is -2.49. The van der Waals surface area contributed by atoms with Crippen LogP contribution >= 0.6 is 0 Å². The van der Waals surface area contributed by atoms with Crippen molar-refractivity contribution in [3.05, 3.63) is 0 Å². The fourth-order valence-electron chi connectivity index (χ4n) is 1.16. The van der Waals surface area contributed by atoms with Gasteiger partial charge in [-0.15, -0.1) is 0 Å². The molecule has 0 rings (SSSR count). The zero-order valence-corrected chi connectivity index (χ0v) is 10.8. The molecule has 0 unspecified atom stereocenters. The molecule has 13 heavy (non-hydrogen) atoms. The van der Waals surface area contributed by atoms with Gasteiger partial charge in [-0.05, 0) is 27.2 Å². The molecule has 0 aliphatic heterocycles. The van der Waals surface area contributed by atoms with Crippen molar-refractivity contribution in [2.45, 2.75) is 20.0 Å². The molecule has 0 aromatic heterocycles. The molecule has 0 amide bonds. The van der Waals surface area contributed by atoms with Crippen molar-refractivity contribution in [1.82, 2.24) is 20.2 Å². The number of hydrogen-bond acceptors (Lipinski definition) is 4. The lowest BCUT2D eigenvalue weighted by Gasteiger charge is -2.21. The summed E-state index contributed by atoms with van der Waals surface area (Å²) in [6.07, 6.45) is 0.392. The summed E-state index contributed by atoms with van der Waals surface area (Å²) >= 11 is 0. The minimum absolute atomic E-state index is 0.233. The number of nitrogens with one attached hydrogen (secondary N) is 3. The van der Waals surface area contributed by atoms with Crippen molar-refractivity contribution in [3.8, 4) is 0 Å². The Morgan fingerprint density at radius 3 is 2.08 bits per heavy atom. The molecule has 0 aromatic rings. The number of likely N-dealkylation sites (N-methyl/N-ethyl adjacent to an activating group) is 2. The average Bonchev–Trinajstić information content (AvgIpc) is 2.19. The Bertz CT molecular complexity index is 92.3. The van der Waals surface area contributed by atoms with Gasteiger partial charge in [0.2, 0.25) is 0 Å². The van der Waals surface area contributed by atoms with Gasteiger partial charge >= 0.3 is 0 Å². The minimum Gasteiger partial charge on any atom is -0.328 e. The summed E-state index contributed by atoms with van der Waals surface area (Å²) in [5, 5.41) is 6.38. The van der Waals surface area contributed by atoms with Crippen LogP contribution in [0.5, 0.6) is 0 Å². The van der Waals surface area contributed by atoms with E-state index in [1.54, 1.807) is 0 Å². The summed E-state index contributed by atoms with van der Waals surface area (Å²) in [6.45, 7) is 7.77. The van der Waals surface area contributed by atoms with Crippen molar-refractivity contribution < 1.29 is 0 Å². The normalized spacial score (nSPS) is 12.5. The molecule has 80 valence electrons. The molecule has 3 N–H and O–H groups in total. The standard InChI is InChI=1S/C8H24N4Si/c1-5-12(6-2)13-11-7-8(9-3)10-4/h8-11H,5-7,13H2,1-4H3. The summed E-state index contributed by atoms with van der Waals surface area (Å²) in [6, 6.07) is 0. The van der Waals surface area contributed by atoms with Crippen molar-refractivity contribution in [2.75, 3.05) is 33.7 Å². The maximum Gasteiger partial charge on any atom is 0.170 e. The van der Waals surface area contributed by atoms with Gasteiger partial charge in [0.25, 0.3) is 0 Å². The molecule has 0 saturated carbocycles. The quantitative estimate of drug-likeness (QED) is 0.339. The van der Waals surface area contributed by atoms with Gasteiger partial charge in [-0.1, -0.05) is 13.8 Å². The van der Waals surface area contributed by atoms with Crippen LogP contribution < -0.4 is 15.6 Å². The van der Waals surface area contributed by atoms with E-state index in [0.29, 0.717) is 6.17 Å². The van der Waals surface area contributed by atoms with Crippen LogP contribution in [0.4, 0.5) is 0 Å². The summed E-state index contributed by atoms with van der Waals surface area (Å²) in [7, 11) is 3.72. The highest BCUT2D eigenvalue weighted by molar-refractivity contribution is 6.28. The van der Waals surface area contributed by atoms with Crippen LogP contribution in [-0.4, -0.2) is 54.3 Å². The van der Waals surface area contributed by atoms with E-state index in [2.05, 4.69) is 34.0 Å². The third-order valence-corrected chi connectivity index (χ3v) is 4.13. The molecule has 0 aliphatic rings. The summed E-state index contributed by atoms with van der Waals surface area (Å²) in [5.41, 5.74) is 0. The third-order valence-electron chi connectivity index (χ3n) is 2.28. The van der Waals surface area contributed by atoms with Gasteiger partial charge in [0, 0.05) is 6.54 Å². The first-order chi connectivity index (χ1) is 6.28. The van der Waals surface area contributed by atoms with Gasteiger partial charge in [0.1, 0.15) is 0 Å². The predicted molar refractivity (Wildman–Crippen MR) is 61.4 cm³/mol. The van der Waals surface area contributed by atoms with Crippen LogP contribution in [0.25, 0.3) is 0 Å². The predicted octanol–water partition coefficient (Wildman–Crippen LogP) is -1.32. The Hall–Kier alpha value is 0.0569. The molecule has 4 nitrogen and oxygen atoms in total. The number of rotatable bonds is 8. The molecule has 0 saturated heterocycles. The van der Waals surface area contributed by atoms with E-state index in [0.717, 1.165) is 6.54 Å². The van der Waals surface area contributed by atoms with Crippen molar-refractivity contribution >= 4 is 9.84 Å². The maximum absolute atomic E-state index is 3.53. The fraction of sp³-hybridized carbons (Fsp3) is 1.00. The largest absolute Gasteiger partial charge is 0.328 e. The molecule has 0 atom stereocenters. The van der Waals surface area contributed by atoms with Crippen LogP contribution in [-0.2, 0) is 0 Å². The smallest absolute Gasteiger partial charge is 0.170 e. The van der Waals surface area contributed by atoms with Crippen LogP contribution in [0.2, 0.25) is 0 Å². The molecule has 0 radical (unpaired) electrons. The highest BCUT2D eigenvalue weighted by atomic mass is 28.2. The van der Waals surface area contributed by atoms with E-state index >= 15 is 0 Å². The van der Waals surface area contributed by atoms with Crippen molar-refractivity contribution in [3.63, 3.8) is 0 Å². The average molecular weight is 204 g/mol. The SMILES string of the molecule is CCN(CC)[SiH2]NCC(NC)NC. The van der Waals surface area contributed by atoms with Gasteiger partial charge in [-0.25, -0.2) is 0 Å². The first-order valence-corrected chi connectivity index (χ1v) is 6.40. The van der Waals surface area contributed by atoms with Crippen LogP contribution in [0, 0.1) is 0 Å². The van der Waals surface area contributed by atoms with Gasteiger partial charge in [0.15, 0.2) is 9.84 Å². The molecular formula is C8H24N4Si. The summed E-state index contributed by atoms with van der Waals surface area (Å²) in [5.74, 6) is 0. The first kappa shape index (κ1) is 13.1. The fourth-order valence-corrected chi connectivity index (χ4v) is 2.34. The van der Waals surface area contributed by atoms with Crippen molar-refractivity contribution in [2.24, 2.45) is 0 Å². The van der Waals surface area contributed by atoms with Crippen LogP contribution in [0.3, 0.4) is 0 Å². The van der Waals surface area contributed by atoms with Crippen LogP contribution in [0.15, 0.2) is 0 Å².